The average molecular weight is 157 g/mol. The molecule has 0 spiro atoms. The van der Waals surface area contributed by atoms with Gasteiger partial charge in [-0.2, -0.15) is 0 Å². The molecule has 1 rings (SSSR count). The summed E-state index contributed by atoms with van der Waals surface area (Å²) < 4.78 is 4.92. The Morgan fingerprint density at radius 3 is 2.40 bits per heavy atom. The van der Waals surface area contributed by atoms with Gasteiger partial charge in [-0.25, -0.2) is 0 Å². The summed E-state index contributed by atoms with van der Waals surface area (Å²) in [6.07, 6.45) is 0. The Kier molecular flexibility index (Phi) is 2.72. The summed E-state index contributed by atoms with van der Waals surface area (Å²) in [7, 11) is 1.68. The SMILES string of the molecule is COCc1ccc(Cl)cc1. The minimum absolute atomic E-state index is 0.650. The zero-order chi connectivity index (χ0) is 7.40. The van der Waals surface area contributed by atoms with Crippen LogP contribution in [0.4, 0.5) is 0 Å². The Balaban J connectivity index is 2.69. The van der Waals surface area contributed by atoms with Crippen molar-refractivity contribution in [3.63, 3.8) is 0 Å². The molecule has 0 aliphatic carbocycles. The summed E-state index contributed by atoms with van der Waals surface area (Å²) in [4.78, 5) is 0. The van der Waals surface area contributed by atoms with Gasteiger partial charge in [-0.05, 0) is 17.7 Å². The van der Waals surface area contributed by atoms with E-state index in [9.17, 15) is 0 Å². The Morgan fingerprint density at radius 2 is 1.90 bits per heavy atom. The van der Waals surface area contributed by atoms with Gasteiger partial charge in [0.2, 0.25) is 0 Å². The number of rotatable bonds is 2. The molecule has 0 fully saturated rings. The van der Waals surface area contributed by atoms with Crippen LogP contribution < -0.4 is 0 Å². The summed E-state index contributed by atoms with van der Waals surface area (Å²) in [5, 5.41) is 0.764. The van der Waals surface area contributed by atoms with E-state index in [-0.39, 0.29) is 0 Å². The Bertz CT molecular complexity index is 193. The van der Waals surface area contributed by atoms with Crippen LogP contribution in [0.1, 0.15) is 5.56 Å². The summed E-state index contributed by atoms with van der Waals surface area (Å²) in [5.41, 5.74) is 1.15. The molecule has 1 nitrogen and oxygen atoms in total. The molecular formula is C8H9ClO. The van der Waals surface area contributed by atoms with Crippen LogP contribution >= 0.6 is 11.6 Å². The lowest BCUT2D eigenvalue weighted by Gasteiger charge is -1.97. The minimum atomic E-state index is 0.650. The largest absolute Gasteiger partial charge is 0.380 e. The van der Waals surface area contributed by atoms with E-state index in [0.29, 0.717) is 6.61 Å². The number of benzene rings is 1. The third-order valence-corrected chi connectivity index (χ3v) is 1.48. The lowest BCUT2D eigenvalue weighted by atomic mass is 10.2. The van der Waals surface area contributed by atoms with Crippen molar-refractivity contribution >= 4 is 11.6 Å². The lowest BCUT2D eigenvalue weighted by molar-refractivity contribution is 0.185. The summed E-state index contributed by atoms with van der Waals surface area (Å²) >= 11 is 5.67. The number of methoxy groups -OCH3 is 1. The lowest BCUT2D eigenvalue weighted by Crippen LogP contribution is -1.84. The second-order valence-corrected chi connectivity index (χ2v) is 2.50. The van der Waals surface area contributed by atoms with Crippen molar-refractivity contribution in [3.8, 4) is 0 Å². The van der Waals surface area contributed by atoms with Crippen molar-refractivity contribution in [2.45, 2.75) is 6.61 Å². The van der Waals surface area contributed by atoms with Crippen LogP contribution in [0.15, 0.2) is 24.3 Å². The second kappa shape index (κ2) is 3.59. The molecule has 0 N–H and O–H groups in total. The Morgan fingerprint density at radius 1 is 1.30 bits per heavy atom. The van der Waals surface area contributed by atoms with Gasteiger partial charge in [-0.1, -0.05) is 23.7 Å². The van der Waals surface area contributed by atoms with Crippen molar-refractivity contribution in [2.24, 2.45) is 0 Å². The van der Waals surface area contributed by atoms with Crippen molar-refractivity contribution in [3.05, 3.63) is 34.9 Å². The van der Waals surface area contributed by atoms with E-state index in [2.05, 4.69) is 0 Å². The smallest absolute Gasteiger partial charge is 0.0713 e. The molecule has 2 heteroatoms. The molecule has 0 saturated heterocycles. The zero-order valence-corrected chi connectivity index (χ0v) is 6.56. The standard InChI is InChI=1S/C8H9ClO/c1-10-6-7-2-4-8(9)5-3-7/h2-5H,6H2,1H3. The third-order valence-electron chi connectivity index (χ3n) is 1.22. The first kappa shape index (κ1) is 7.58. The molecule has 0 amide bonds. The van der Waals surface area contributed by atoms with Gasteiger partial charge in [0.1, 0.15) is 0 Å². The van der Waals surface area contributed by atoms with Crippen LogP contribution in [0.5, 0.6) is 0 Å². The number of ether oxygens (including phenoxy) is 1. The van der Waals surface area contributed by atoms with Crippen LogP contribution in [0, 0.1) is 0 Å². The van der Waals surface area contributed by atoms with Crippen LogP contribution in [0.25, 0.3) is 0 Å². The van der Waals surface area contributed by atoms with E-state index < -0.39 is 0 Å². The molecule has 0 aliphatic heterocycles. The number of halogens is 1. The maximum absolute atomic E-state index is 5.67. The van der Waals surface area contributed by atoms with Crippen molar-refractivity contribution < 1.29 is 4.74 Å². The topological polar surface area (TPSA) is 9.23 Å². The average Bonchev–Trinajstić information content (AvgIpc) is 1.95. The van der Waals surface area contributed by atoms with E-state index >= 15 is 0 Å². The Hall–Kier alpha value is -0.530. The molecule has 0 heterocycles. The van der Waals surface area contributed by atoms with Gasteiger partial charge < -0.3 is 4.74 Å². The van der Waals surface area contributed by atoms with Crippen LogP contribution in [0.2, 0.25) is 5.02 Å². The molecule has 0 aliphatic rings. The van der Waals surface area contributed by atoms with Gasteiger partial charge in [0.05, 0.1) is 6.61 Å². The molecular weight excluding hydrogens is 148 g/mol. The van der Waals surface area contributed by atoms with Crippen LogP contribution in [-0.4, -0.2) is 7.11 Å². The van der Waals surface area contributed by atoms with Gasteiger partial charge in [0.15, 0.2) is 0 Å². The van der Waals surface area contributed by atoms with E-state index in [0.717, 1.165) is 10.6 Å². The molecule has 1 aromatic carbocycles. The van der Waals surface area contributed by atoms with Gasteiger partial charge in [0.25, 0.3) is 0 Å². The molecule has 0 aromatic heterocycles. The van der Waals surface area contributed by atoms with Crippen molar-refractivity contribution in [1.82, 2.24) is 0 Å². The predicted octanol–water partition coefficient (Wildman–Crippen LogP) is 2.49. The minimum Gasteiger partial charge on any atom is -0.380 e. The van der Waals surface area contributed by atoms with Crippen molar-refractivity contribution in [2.75, 3.05) is 7.11 Å². The second-order valence-electron chi connectivity index (χ2n) is 2.06. The Labute approximate surface area is 65.6 Å². The molecule has 54 valence electrons. The third kappa shape index (κ3) is 2.01. The fourth-order valence-electron chi connectivity index (χ4n) is 0.747. The molecule has 0 radical (unpaired) electrons. The molecule has 0 bridgehead atoms. The van der Waals surface area contributed by atoms with Gasteiger partial charge in [-0.3, -0.25) is 0 Å². The van der Waals surface area contributed by atoms with E-state index in [1.165, 1.54) is 0 Å². The first-order valence-electron chi connectivity index (χ1n) is 3.06. The highest BCUT2D eigenvalue weighted by Crippen LogP contribution is 2.09. The predicted molar refractivity (Wildman–Crippen MR) is 42.2 cm³/mol. The monoisotopic (exact) mass is 156 g/mol. The fourth-order valence-corrected chi connectivity index (χ4v) is 0.873. The maximum atomic E-state index is 5.67. The molecule has 0 saturated carbocycles. The number of hydrogen-bond donors (Lipinski definition) is 0. The van der Waals surface area contributed by atoms with E-state index in [1.807, 2.05) is 24.3 Å². The summed E-state index contributed by atoms with van der Waals surface area (Å²) in [6.45, 7) is 0.650. The van der Waals surface area contributed by atoms with E-state index in [1.54, 1.807) is 7.11 Å². The first-order valence-corrected chi connectivity index (χ1v) is 3.44. The fraction of sp³-hybridized carbons (Fsp3) is 0.250. The molecule has 0 atom stereocenters. The van der Waals surface area contributed by atoms with Gasteiger partial charge in [0, 0.05) is 12.1 Å². The van der Waals surface area contributed by atoms with Crippen LogP contribution in [0.3, 0.4) is 0 Å². The van der Waals surface area contributed by atoms with Crippen molar-refractivity contribution in [1.29, 1.82) is 0 Å². The highest BCUT2D eigenvalue weighted by molar-refractivity contribution is 6.30. The van der Waals surface area contributed by atoms with Gasteiger partial charge >= 0.3 is 0 Å². The van der Waals surface area contributed by atoms with Crippen LogP contribution in [-0.2, 0) is 11.3 Å². The first-order chi connectivity index (χ1) is 4.83. The normalized spacial score (nSPS) is 9.80. The maximum Gasteiger partial charge on any atom is 0.0713 e. The quantitative estimate of drug-likeness (QED) is 0.639. The molecule has 1 aromatic rings. The highest BCUT2D eigenvalue weighted by atomic mass is 35.5. The van der Waals surface area contributed by atoms with Gasteiger partial charge in [-0.15, -0.1) is 0 Å². The molecule has 10 heavy (non-hydrogen) atoms. The summed E-state index contributed by atoms with van der Waals surface area (Å²) in [6, 6.07) is 7.61. The highest BCUT2D eigenvalue weighted by Gasteiger charge is 1.89. The van der Waals surface area contributed by atoms with E-state index in [4.69, 9.17) is 16.3 Å². The summed E-state index contributed by atoms with van der Waals surface area (Å²) in [5.74, 6) is 0. The zero-order valence-electron chi connectivity index (χ0n) is 5.80. The molecule has 0 unspecified atom stereocenters. The number of hydrogen-bond acceptors (Lipinski definition) is 1.